The van der Waals surface area contributed by atoms with Gasteiger partial charge in [0.1, 0.15) is 12.2 Å². The Bertz CT molecular complexity index is 787. The van der Waals surface area contributed by atoms with E-state index in [9.17, 15) is 5.11 Å². The van der Waals surface area contributed by atoms with Crippen molar-refractivity contribution in [2.75, 3.05) is 20.8 Å². The van der Waals surface area contributed by atoms with Crippen molar-refractivity contribution >= 4 is 0 Å². The van der Waals surface area contributed by atoms with Crippen LogP contribution in [-0.4, -0.2) is 50.2 Å². The van der Waals surface area contributed by atoms with E-state index in [1.54, 1.807) is 14.2 Å². The summed E-state index contributed by atoms with van der Waals surface area (Å²) in [6.45, 7) is 15.9. The Morgan fingerprint density at radius 2 is 1.88 bits per heavy atom. The van der Waals surface area contributed by atoms with Crippen LogP contribution in [0.2, 0.25) is 0 Å². The fraction of sp³-hybridized carbons (Fsp3) is 0.778. The zero-order chi connectivity index (χ0) is 23.8. The Balaban J connectivity index is 0.000000668. The first-order valence-corrected chi connectivity index (χ1v) is 12.4. The van der Waals surface area contributed by atoms with Crippen LogP contribution >= 0.6 is 0 Å². The SMILES string of the molecule is CCCC.COc1ccc(C)c2c1O[C@H]1C(OC)[C@@H](C(O)C(C)(C)C)CC3C(C)NC[C@@]231. The fourth-order valence-electron chi connectivity index (χ4n) is 6.20. The highest BCUT2D eigenvalue weighted by Gasteiger charge is 2.67. The molecule has 3 aliphatic rings. The topological polar surface area (TPSA) is 60.0 Å². The number of aliphatic hydroxyl groups excluding tert-OH is 1. The van der Waals surface area contributed by atoms with Gasteiger partial charge in [-0.05, 0) is 43.2 Å². The fourth-order valence-corrected chi connectivity index (χ4v) is 6.20. The van der Waals surface area contributed by atoms with E-state index in [1.165, 1.54) is 24.0 Å². The molecule has 2 N–H and O–H groups in total. The van der Waals surface area contributed by atoms with E-state index in [0.29, 0.717) is 12.0 Å². The number of hydrogen-bond acceptors (Lipinski definition) is 5. The molecule has 0 bridgehead atoms. The van der Waals surface area contributed by atoms with Crippen molar-refractivity contribution < 1.29 is 19.3 Å². The van der Waals surface area contributed by atoms with E-state index in [1.807, 2.05) is 6.07 Å². The first-order chi connectivity index (χ1) is 15.1. The lowest BCUT2D eigenvalue weighted by molar-refractivity contribution is -0.143. The lowest BCUT2D eigenvalue weighted by Crippen LogP contribution is -2.62. The van der Waals surface area contributed by atoms with Gasteiger partial charge in [-0.15, -0.1) is 0 Å². The number of rotatable bonds is 4. The van der Waals surface area contributed by atoms with Crippen molar-refractivity contribution in [3.05, 3.63) is 23.3 Å². The molecule has 1 spiro atoms. The van der Waals surface area contributed by atoms with Crippen LogP contribution in [0.3, 0.4) is 0 Å². The average Bonchev–Trinajstić information content (AvgIpc) is 3.28. The molecule has 4 unspecified atom stereocenters. The summed E-state index contributed by atoms with van der Waals surface area (Å²) < 4.78 is 18.4. The van der Waals surface area contributed by atoms with Gasteiger partial charge in [-0.2, -0.15) is 0 Å². The van der Waals surface area contributed by atoms with Gasteiger partial charge in [-0.1, -0.05) is 53.5 Å². The third kappa shape index (κ3) is 3.95. The highest BCUT2D eigenvalue weighted by Crippen LogP contribution is 2.61. The predicted octanol–water partition coefficient (Wildman–Crippen LogP) is 4.86. The molecule has 2 heterocycles. The van der Waals surface area contributed by atoms with Gasteiger partial charge in [0.05, 0.1) is 18.6 Å². The molecule has 1 aromatic rings. The minimum absolute atomic E-state index is 0.0242. The van der Waals surface area contributed by atoms with Gasteiger partial charge in [-0.25, -0.2) is 0 Å². The third-order valence-corrected chi connectivity index (χ3v) is 8.06. The monoisotopic (exact) mass is 447 g/mol. The van der Waals surface area contributed by atoms with Crippen LogP contribution < -0.4 is 14.8 Å². The van der Waals surface area contributed by atoms with Gasteiger partial charge in [0.15, 0.2) is 11.5 Å². The summed E-state index contributed by atoms with van der Waals surface area (Å²) in [6, 6.07) is 4.48. The summed E-state index contributed by atoms with van der Waals surface area (Å²) in [5.41, 5.74) is 2.14. The Morgan fingerprint density at radius 3 is 2.41 bits per heavy atom. The van der Waals surface area contributed by atoms with E-state index < -0.39 is 6.10 Å². The smallest absolute Gasteiger partial charge is 0.165 e. The largest absolute Gasteiger partial charge is 0.493 e. The molecule has 1 saturated heterocycles. The van der Waals surface area contributed by atoms with Crippen LogP contribution in [0.4, 0.5) is 0 Å². The van der Waals surface area contributed by atoms with Crippen LogP contribution in [0.15, 0.2) is 12.1 Å². The molecule has 0 radical (unpaired) electrons. The number of methoxy groups -OCH3 is 2. The molecule has 32 heavy (non-hydrogen) atoms. The molecule has 182 valence electrons. The number of fused-ring (bicyclic) bond motifs is 1. The van der Waals surface area contributed by atoms with Crippen molar-refractivity contribution in [3.8, 4) is 11.5 Å². The molecule has 4 rings (SSSR count). The Morgan fingerprint density at radius 1 is 1.22 bits per heavy atom. The van der Waals surface area contributed by atoms with Crippen molar-refractivity contribution in [2.45, 2.75) is 97.5 Å². The molecule has 2 fully saturated rings. The maximum atomic E-state index is 11.2. The van der Waals surface area contributed by atoms with Crippen LogP contribution in [0.1, 0.15) is 71.9 Å². The molecule has 5 heteroatoms. The van der Waals surface area contributed by atoms with Crippen molar-refractivity contribution in [1.82, 2.24) is 5.32 Å². The number of ether oxygens (including phenoxy) is 3. The van der Waals surface area contributed by atoms with E-state index in [-0.39, 0.29) is 29.0 Å². The highest BCUT2D eigenvalue weighted by atomic mass is 16.6. The molecular formula is C27H45NO4. The second kappa shape index (κ2) is 9.52. The Labute approximate surface area is 195 Å². The van der Waals surface area contributed by atoms with Crippen molar-refractivity contribution in [1.29, 1.82) is 0 Å². The Hall–Kier alpha value is -1.30. The second-order valence-corrected chi connectivity index (χ2v) is 11.1. The van der Waals surface area contributed by atoms with E-state index >= 15 is 0 Å². The van der Waals surface area contributed by atoms with Crippen molar-refractivity contribution in [2.24, 2.45) is 17.3 Å². The number of aliphatic hydroxyl groups is 1. The minimum atomic E-state index is -0.460. The maximum absolute atomic E-state index is 11.2. The number of benzene rings is 1. The summed E-state index contributed by atoms with van der Waals surface area (Å²) in [5, 5.41) is 14.9. The van der Waals surface area contributed by atoms with Gasteiger partial charge >= 0.3 is 0 Å². The molecule has 0 amide bonds. The zero-order valence-corrected chi connectivity index (χ0v) is 21.6. The second-order valence-electron chi connectivity index (χ2n) is 11.1. The number of aryl methyl sites for hydroxylation is 1. The van der Waals surface area contributed by atoms with Crippen LogP contribution in [0.5, 0.6) is 11.5 Å². The lowest BCUT2D eigenvalue weighted by atomic mass is 9.56. The van der Waals surface area contributed by atoms with Crippen LogP contribution in [-0.2, 0) is 10.2 Å². The number of unbranched alkanes of at least 4 members (excludes halogenated alkanes) is 1. The molecule has 0 aromatic heterocycles. The predicted molar refractivity (Wildman–Crippen MR) is 130 cm³/mol. The molecule has 1 aromatic carbocycles. The van der Waals surface area contributed by atoms with E-state index in [4.69, 9.17) is 14.2 Å². The normalized spacial score (nSPS) is 33.9. The molecule has 2 aliphatic heterocycles. The molecular weight excluding hydrogens is 402 g/mol. The molecule has 1 saturated carbocycles. The van der Waals surface area contributed by atoms with Crippen molar-refractivity contribution in [3.63, 3.8) is 0 Å². The standard InChI is InChI=1S/C23H35NO4.C4H10/c1-12-8-9-16(26-6)19-17(12)23-11-24-13(2)15(23)10-14(20(25)22(3,4)5)18(27-7)21(23)28-19;1-3-4-2/h8-9,13-15,18,20-21,24-25H,10-11H2,1-7H3;3-4H2,1-2H3/t13?,14-,15?,18?,20?,21-,23-;/m0./s1. The third-order valence-electron chi connectivity index (χ3n) is 8.06. The summed E-state index contributed by atoms with van der Waals surface area (Å²) in [6.07, 6.45) is 2.79. The molecule has 1 aliphatic carbocycles. The van der Waals surface area contributed by atoms with Crippen LogP contribution in [0.25, 0.3) is 0 Å². The summed E-state index contributed by atoms with van der Waals surface area (Å²) >= 11 is 0. The lowest BCUT2D eigenvalue weighted by Gasteiger charge is -2.51. The zero-order valence-electron chi connectivity index (χ0n) is 21.6. The molecule has 5 nitrogen and oxygen atoms in total. The van der Waals surface area contributed by atoms with E-state index in [2.05, 4.69) is 59.8 Å². The minimum Gasteiger partial charge on any atom is -0.493 e. The first-order valence-electron chi connectivity index (χ1n) is 12.4. The van der Waals surface area contributed by atoms with Crippen LogP contribution in [0, 0.1) is 24.2 Å². The number of hydrogen-bond donors (Lipinski definition) is 2. The summed E-state index contributed by atoms with van der Waals surface area (Å²) in [4.78, 5) is 0. The number of nitrogens with one attached hydrogen (secondary N) is 1. The van der Waals surface area contributed by atoms with Gasteiger partial charge in [0.25, 0.3) is 0 Å². The van der Waals surface area contributed by atoms with Gasteiger partial charge in [0, 0.05) is 31.2 Å². The van der Waals surface area contributed by atoms with Gasteiger partial charge in [0.2, 0.25) is 0 Å². The maximum Gasteiger partial charge on any atom is 0.165 e. The van der Waals surface area contributed by atoms with Gasteiger partial charge in [-0.3, -0.25) is 0 Å². The van der Waals surface area contributed by atoms with Gasteiger partial charge < -0.3 is 24.6 Å². The first kappa shape index (κ1) is 25.3. The summed E-state index contributed by atoms with van der Waals surface area (Å²) in [5.74, 6) is 2.04. The highest BCUT2D eigenvalue weighted by molar-refractivity contribution is 5.59. The van der Waals surface area contributed by atoms with E-state index in [0.717, 1.165) is 24.5 Å². The summed E-state index contributed by atoms with van der Waals surface area (Å²) in [7, 11) is 3.45. The average molecular weight is 448 g/mol. The Kier molecular flexibility index (Phi) is 7.53. The molecule has 7 atom stereocenters. The quantitative estimate of drug-likeness (QED) is 0.690.